The van der Waals surface area contributed by atoms with E-state index in [1.54, 1.807) is 0 Å². The highest BCUT2D eigenvalue weighted by Crippen LogP contribution is 2.21. The van der Waals surface area contributed by atoms with Gasteiger partial charge in [0.2, 0.25) is 11.8 Å². The maximum atomic E-state index is 5.64. The molecule has 0 radical (unpaired) electrons. The predicted octanol–water partition coefficient (Wildman–Crippen LogP) is 3.55. The van der Waals surface area contributed by atoms with E-state index in [4.69, 9.17) is 16.0 Å². The Morgan fingerprint density at radius 3 is 2.56 bits per heavy atom. The molecule has 1 aromatic heterocycles. The standard InChI is InChI=1S/C14H11ClN2O/c15-9-14-17-16-13(18-14)8-11-6-3-5-10-4-1-2-7-12(10)11/h1-7H,8-9H2. The molecule has 0 saturated heterocycles. The van der Waals surface area contributed by atoms with Crippen LogP contribution in [0.15, 0.2) is 46.9 Å². The monoisotopic (exact) mass is 258 g/mol. The van der Waals surface area contributed by atoms with Crippen LogP contribution in [0, 0.1) is 0 Å². The molecule has 0 unspecified atom stereocenters. The zero-order chi connectivity index (χ0) is 12.4. The Morgan fingerprint density at radius 1 is 0.944 bits per heavy atom. The van der Waals surface area contributed by atoms with Gasteiger partial charge in [-0.1, -0.05) is 42.5 Å². The average molecular weight is 259 g/mol. The van der Waals surface area contributed by atoms with Crippen molar-refractivity contribution in [3.8, 4) is 0 Å². The molecular formula is C14H11ClN2O. The van der Waals surface area contributed by atoms with Gasteiger partial charge in [0.1, 0.15) is 5.88 Å². The highest BCUT2D eigenvalue weighted by atomic mass is 35.5. The minimum Gasteiger partial charge on any atom is -0.424 e. The summed E-state index contributed by atoms with van der Waals surface area (Å²) in [5, 5.41) is 10.3. The Kier molecular flexibility index (Phi) is 2.99. The van der Waals surface area contributed by atoms with E-state index in [1.807, 2.05) is 18.2 Å². The number of nitrogens with zero attached hydrogens (tertiary/aromatic N) is 2. The van der Waals surface area contributed by atoms with Crippen LogP contribution in [-0.2, 0) is 12.3 Å². The number of rotatable bonds is 3. The normalized spacial score (nSPS) is 10.9. The second-order valence-electron chi connectivity index (χ2n) is 4.04. The molecule has 3 aromatic rings. The maximum Gasteiger partial charge on any atom is 0.231 e. The number of hydrogen-bond donors (Lipinski definition) is 0. The third-order valence-electron chi connectivity index (χ3n) is 2.84. The molecule has 0 aliphatic carbocycles. The number of hydrogen-bond acceptors (Lipinski definition) is 3. The fraction of sp³-hybridized carbons (Fsp3) is 0.143. The van der Waals surface area contributed by atoms with Crippen molar-refractivity contribution in [1.29, 1.82) is 0 Å². The van der Waals surface area contributed by atoms with Crippen LogP contribution in [0.4, 0.5) is 0 Å². The summed E-state index contributed by atoms with van der Waals surface area (Å²) in [7, 11) is 0. The molecule has 0 bridgehead atoms. The Balaban J connectivity index is 1.99. The molecule has 0 fully saturated rings. The first-order valence-corrected chi connectivity index (χ1v) is 6.24. The fourth-order valence-corrected chi connectivity index (χ4v) is 2.13. The number of fused-ring (bicyclic) bond motifs is 1. The molecule has 90 valence electrons. The third kappa shape index (κ3) is 2.09. The Bertz CT molecular complexity index is 673. The second-order valence-corrected chi connectivity index (χ2v) is 4.31. The van der Waals surface area contributed by atoms with Crippen molar-refractivity contribution in [3.05, 3.63) is 59.8 Å². The quantitative estimate of drug-likeness (QED) is 0.675. The van der Waals surface area contributed by atoms with Gasteiger partial charge < -0.3 is 4.42 Å². The molecule has 3 rings (SSSR count). The number of benzene rings is 2. The van der Waals surface area contributed by atoms with Gasteiger partial charge in [-0.2, -0.15) is 0 Å². The van der Waals surface area contributed by atoms with Gasteiger partial charge in [0, 0.05) is 0 Å². The lowest BCUT2D eigenvalue weighted by Gasteiger charge is -2.03. The molecule has 0 saturated carbocycles. The van der Waals surface area contributed by atoms with Crippen LogP contribution in [0.2, 0.25) is 0 Å². The van der Waals surface area contributed by atoms with Crippen LogP contribution >= 0.6 is 11.6 Å². The molecule has 0 atom stereocenters. The largest absolute Gasteiger partial charge is 0.424 e. The molecule has 4 heteroatoms. The van der Waals surface area contributed by atoms with Gasteiger partial charge in [-0.3, -0.25) is 0 Å². The Morgan fingerprint density at radius 2 is 1.72 bits per heavy atom. The van der Waals surface area contributed by atoms with Crippen molar-refractivity contribution in [1.82, 2.24) is 10.2 Å². The van der Waals surface area contributed by atoms with E-state index in [1.165, 1.54) is 16.3 Å². The topological polar surface area (TPSA) is 38.9 Å². The zero-order valence-electron chi connectivity index (χ0n) is 9.64. The number of alkyl halides is 1. The van der Waals surface area contributed by atoms with Gasteiger partial charge in [0.25, 0.3) is 0 Å². The number of aromatic nitrogens is 2. The Labute approximate surface area is 109 Å². The van der Waals surface area contributed by atoms with Gasteiger partial charge in [-0.05, 0) is 16.3 Å². The van der Waals surface area contributed by atoms with E-state index in [9.17, 15) is 0 Å². The Hall–Kier alpha value is -1.87. The van der Waals surface area contributed by atoms with Crippen LogP contribution < -0.4 is 0 Å². The van der Waals surface area contributed by atoms with Gasteiger partial charge in [-0.15, -0.1) is 21.8 Å². The summed E-state index contributed by atoms with van der Waals surface area (Å²) in [6, 6.07) is 14.5. The molecular weight excluding hydrogens is 248 g/mol. The first kappa shape index (κ1) is 11.2. The summed E-state index contributed by atoms with van der Waals surface area (Å²) in [5.74, 6) is 1.32. The molecule has 1 heterocycles. The van der Waals surface area contributed by atoms with Crippen molar-refractivity contribution >= 4 is 22.4 Å². The summed E-state index contributed by atoms with van der Waals surface area (Å²) in [6.07, 6.45) is 0.630. The third-order valence-corrected chi connectivity index (χ3v) is 3.07. The van der Waals surface area contributed by atoms with E-state index < -0.39 is 0 Å². The predicted molar refractivity (Wildman–Crippen MR) is 70.6 cm³/mol. The first-order valence-electron chi connectivity index (χ1n) is 5.70. The molecule has 0 aliphatic rings. The summed E-state index contributed by atoms with van der Waals surface area (Å²) in [5.41, 5.74) is 1.18. The van der Waals surface area contributed by atoms with Gasteiger partial charge in [0.05, 0.1) is 6.42 Å². The van der Waals surface area contributed by atoms with Gasteiger partial charge in [0.15, 0.2) is 0 Å². The summed E-state index contributed by atoms with van der Waals surface area (Å²) in [4.78, 5) is 0. The molecule has 0 aliphatic heterocycles. The van der Waals surface area contributed by atoms with E-state index in [-0.39, 0.29) is 5.88 Å². The molecule has 0 amide bonds. The van der Waals surface area contributed by atoms with Gasteiger partial charge >= 0.3 is 0 Å². The molecule has 3 nitrogen and oxygen atoms in total. The smallest absolute Gasteiger partial charge is 0.231 e. The van der Waals surface area contributed by atoms with Crippen molar-refractivity contribution in [2.45, 2.75) is 12.3 Å². The summed E-state index contributed by atoms with van der Waals surface area (Å²) >= 11 is 5.64. The summed E-state index contributed by atoms with van der Waals surface area (Å²) in [6.45, 7) is 0. The lowest BCUT2D eigenvalue weighted by molar-refractivity contribution is 0.473. The molecule has 18 heavy (non-hydrogen) atoms. The lowest BCUT2D eigenvalue weighted by Crippen LogP contribution is -1.90. The number of halogens is 1. The van der Waals surface area contributed by atoms with Crippen LogP contribution in [0.5, 0.6) is 0 Å². The van der Waals surface area contributed by atoms with Gasteiger partial charge in [-0.25, -0.2) is 0 Å². The lowest BCUT2D eigenvalue weighted by atomic mass is 10.0. The minimum absolute atomic E-state index is 0.253. The van der Waals surface area contributed by atoms with Crippen LogP contribution in [0.1, 0.15) is 17.3 Å². The van der Waals surface area contributed by atoms with Crippen LogP contribution in [-0.4, -0.2) is 10.2 Å². The summed E-state index contributed by atoms with van der Waals surface area (Å²) < 4.78 is 5.43. The average Bonchev–Trinajstić information content (AvgIpc) is 2.87. The van der Waals surface area contributed by atoms with E-state index in [0.717, 1.165) is 0 Å². The zero-order valence-corrected chi connectivity index (χ0v) is 10.4. The van der Waals surface area contributed by atoms with Crippen molar-refractivity contribution in [2.75, 3.05) is 0 Å². The molecule has 2 aromatic carbocycles. The highest BCUT2D eigenvalue weighted by Gasteiger charge is 2.08. The van der Waals surface area contributed by atoms with E-state index in [2.05, 4.69) is 34.5 Å². The van der Waals surface area contributed by atoms with E-state index in [0.29, 0.717) is 18.2 Å². The van der Waals surface area contributed by atoms with E-state index >= 15 is 0 Å². The molecule has 0 N–H and O–H groups in total. The second kappa shape index (κ2) is 4.78. The van der Waals surface area contributed by atoms with Crippen molar-refractivity contribution in [2.24, 2.45) is 0 Å². The minimum atomic E-state index is 0.253. The first-order chi connectivity index (χ1) is 8.86. The maximum absolute atomic E-state index is 5.64. The van der Waals surface area contributed by atoms with Crippen LogP contribution in [0.25, 0.3) is 10.8 Å². The molecule has 0 spiro atoms. The fourth-order valence-electron chi connectivity index (χ4n) is 2.02. The van der Waals surface area contributed by atoms with Crippen molar-refractivity contribution < 1.29 is 4.42 Å². The van der Waals surface area contributed by atoms with Crippen molar-refractivity contribution in [3.63, 3.8) is 0 Å². The van der Waals surface area contributed by atoms with Crippen LogP contribution in [0.3, 0.4) is 0 Å². The SMILES string of the molecule is ClCc1nnc(Cc2cccc3ccccc23)o1. The highest BCUT2D eigenvalue weighted by molar-refractivity contribution is 6.16.